The number of amides is 1. The van der Waals surface area contributed by atoms with Crippen molar-refractivity contribution in [2.24, 2.45) is 5.41 Å². The molecule has 5 rings (SSSR count). The van der Waals surface area contributed by atoms with Crippen LogP contribution in [0.15, 0.2) is 22.6 Å². The molecule has 2 atom stereocenters. The van der Waals surface area contributed by atoms with Crippen molar-refractivity contribution < 1.29 is 9.21 Å². The molecule has 8 heteroatoms. The Hall–Kier alpha value is -2.28. The molecule has 2 fully saturated rings. The Morgan fingerprint density at radius 1 is 1.32 bits per heavy atom. The fourth-order valence-corrected chi connectivity index (χ4v) is 4.51. The summed E-state index contributed by atoms with van der Waals surface area (Å²) in [6.07, 6.45) is 5.67. The molecule has 3 aliphatic rings. The lowest BCUT2D eigenvalue weighted by Gasteiger charge is -2.33. The van der Waals surface area contributed by atoms with Crippen LogP contribution in [0.1, 0.15) is 50.1 Å². The van der Waals surface area contributed by atoms with Gasteiger partial charge in [-0.15, -0.1) is 5.10 Å². The summed E-state index contributed by atoms with van der Waals surface area (Å²) in [6.45, 7) is 3.55. The molecule has 0 bridgehead atoms. The lowest BCUT2D eigenvalue weighted by molar-refractivity contribution is -0.133. The van der Waals surface area contributed by atoms with Gasteiger partial charge in [-0.1, -0.05) is 16.7 Å². The summed E-state index contributed by atoms with van der Waals surface area (Å²) in [6, 6.07) is 5.56. The maximum atomic E-state index is 12.7. The van der Waals surface area contributed by atoms with E-state index in [2.05, 4.69) is 20.8 Å². The first-order chi connectivity index (χ1) is 13.5. The average Bonchev–Trinajstić information content (AvgIpc) is 3.10. The van der Waals surface area contributed by atoms with Crippen LogP contribution in [0.25, 0.3) is 0 Å². The van der Waals surface area contributed by atoms with Crippen LogP contribution in [0, 0.1) is 5.41 Å². The quantitative estimate of drug-likeness (QED) is 0.813. The summed E-state index contributed by atoms with van der Waals surface area (Å²) >= 11 is 6.07. The molecule has 2 aliphatic heterocycles. The number of hydrogen-bond donors (Lipinski definition) is 2. The summed E-state index contributed by atoms with van der Waals surface area (Å²) in [5, 5.41) is 15.4. The summed E-state index contributed by atoms with van der Waals surface area (Å²) in [5.41, 5.74) is 2.72. The van der Waals surface area contributed by atoms with Gasteiger partial charge in [0.1, 0.15) is 12.1 Å². The van der Waals surface area contributed by atoms with Crippen LogP contribution in [0.5, 0.6) is 0 Å². The van der Waals surface area contributed by atoms with Gasteiger partial charge in [0.25, 0.3) is 0 Å². The number of hydrogen-bond acceptors (Lipinski definition) is 6. The normalized spacial score (nSPS) is 23.2. The van der Waals surface area contributed by atoms with Gasteiger partial charge in [0.15, 0.2) is 0 Å². The molecule has 1 saturated heterocycles. The number of piperidine rings is 1. The van der Waals surface area contributed by atoms with Gasteiger partial charge in [-0.3, -0.25) is 4.79 Å². The van der Waals surface area contributed by atoms with Crippen LogP contribution in [0.3, 0.4) is 0 Å². The van der Waals surface area contributed by atoms with E-state index in [0.29, 0.717) is 16.3 Å². The van der Waals surface area contributed by atoms with Gasteiger partial charge in [-0.2, -0.15) is 0 Å². The number of likely N-dealkylation sites (tertiary alicyclic amines) is 1. The third kappa shape index (κ3) is 3.32. The fourth-order valence-electron chi connectivity index (χ4n) is 4.31. The number of aromatic nitrogens is 2. The van der Waals surface area contributed by atoms with Crippen molar-refractivity contribution in [2.75, 3.05) is 23.7 Å². The molecule has 1 aliphatic carbocycles. The maximum Gasteiger partial charge on any atom is 0.316 e. The van der Waals surface area contributed by atoms with E-state index in [0.717, 1.165) is 43.6 Å². The minimum atomic E-state index is -0.394. The first kappa shape index (κ1) is 17.8. The van der Waals surface area contributed by atoms with Crippen molar-refractivity contribution in [1.29, 1.82) is 0 Å². The number of benzene rings is 1. The van der Waals surface area contributed by atoms with Crippen LogP contribution in [-0.4, -0.2) is 40.1 Å². The Morgan fingerprint density at radius 2 is 2.11 bits per heavy atom. The highest BCUT2D eigenvalue weighted by Gasteiger charge is 2.45. The zero-order chi connectivity index (χ0) is 19.3. The van der Waals surface area contributed by atoms with Gasteiger partial charge in [0.2, 0.25) is 11.8 Å². The fraction of sp³-hybridized carbons (Fsp3) is 0.550. The van der Waals surface area contributed by atoms with Crippen LogP contribution < -0.4 is 10.6 Å². The molecule has 2 N–H and O–H groups in total. The average molecular weight is 402 g/mol. The smallest absolute Gasteiger partial charge is 0.316 e. The van der Waals surface area contributed by atoms with Crippen molar-refractivity contribution >= 4 is 29.2 Å². The van der Waals surface area contributed by atoms with Crippen molar-refractivity contribution in [3.05, 3.63) is 34.7 Å². The second-order valence-corrected chi connectivity index (χ2v) is 8.78. The Kier molecular flexibility index (Phi) is 4.23. The van der Waals surface area contributed by atoms with E-state index in [1.54, 1.807) is 0 Å². The highest BCUT2D eigenvalue weighted by atomic mass is 35.5. The predicted molar refractivity (Wildman–Crippen MR) is 106 cm³/mol. The third-order valence-electron chi connectivity index (χ3n) is 6.36. The lowest BCUT2D eigenvalue weighted by atomic mass is 9.93. The van der Waals surface area contributed by atoms with Gasteiger partial charge in [0, 0.05) is 30.2 Å². The molecule has 28 heavy (non-hydrogen) atoms. The number of carbonyl (C=O) groups is 1. The highest BCUT2D eigenvalue weighted by molar-refractivity contribution is 6.30. The highest BCUT2D eigenvalue weighted by Crippen LogP contribution is 2.53. The Morgan fingerprint density at radius 3 is 2.86 bits per heavy atom. The standard InChI is InChI=1S/C20H24ClN5O2/c1-12(18(27)26-8-6-20(4-5-20)7-9-26)22-19-25-24-17(28-19)16-11-13-10-14(21)2-3-15(13)23-16/h2-3,10,12,16,23H,4-9,11H2,1H3,(H,22,25)/t12-,16-/m1/s1. The van der Waals surface area contributed by atoms with E-state index in [9.17, 15) is 4.79 Å². The summed E-state index contributed by atoms with van der Waals surface area (Å²) < 4.78 is 5.78. The number of halogens is 1. The predicted octanol–water partition coefficient (Wildman–Crippen LogP) is 3.64. The van der Waals surface area contributed by atoms with E-state index in [4.69, 9.17) is 16.0 Å². The van der Waals surface area contributed by atoms with Crippen molar-refractivity contribution in [3.8, 4) is 0 Å². The number of carbonyl (C=O) groups excluding carboxylic acids is 1. The van der Waals surface area contributed by atoms with E-state index >= 15 is 0 Å². The number of anilines is 2. The molecule has 3 heterocycles. The van der Waals surface area contributed by atoms with Gasteiger partial charge < -0.3 is 20.0 Å². The third-order valence-corrected chi connectivity index (χ3v) is 6.60. The zero-order valence-corrected chi connectivity index (χ0v) is 16.6. The van der Waals surface area contributed by atoms with Crippen LogP contribution >= 0.6 is 11.6 Å². The Balaban J connectivity index is 1.19. The van der Waals surface area contributed by atoms with Gasteiger partial charge in [-0.25, -0.2) is 0 Å². The minimum Gasteiger partial charge on any atom is -0.406 e. The molecule has 1 amide bonds. The largest absolute Gasteiger partial charge is 0.406 e. The van der Waals surface area contributed by atoms with Crippen molar-refractivity contribution in [1.82, 2.24) is 15.1 Å². The summed E-state index contributed by atoms with van der Waals surface area (Å²) in [7, 11) is 0. The van der Waals surface area contributed by atoms with E-state index < -0.39 is 6.04 Å². The Bertz CT molecular complexity index is 900. The van der Waals surface area contributed by atoms with E-state index in [-0.39, 0.29) is 18.0 Å². The molecule has 148 valence electrons. The molecule has 1 aromatic carbocycles. The summed E-state index contributed by atoms with van der Waals surface area (Å²) in [4.78, 5) is 14.7. The first-order valence-corrected chi connectivity index (χ1v) is 10.3. The first-order valence-electron chi connectivity index (χ1n) is 9.95. The monoisotopic (exact) mass is 401 g/mol. The molecule has 0 unspecified atom stereocenters. The maximum absolute atomic E-state index is 12.7. The van der Waals surface area contributed by atoms with E-state index in [1.165, 1.54) is 12.8 Å². The number of fused-ring (bicyclic) bond motifs is 1. The van der Waals surface area contributed by atoms with Gasteiger partial charge >= 0.3 is 6.01 Å². The molecule has 1 saturated carbocycles. The SMILES string of the molecule is C[C@@H](Nc1nnc([C@H]2Cc3cc(Cl)ccc3N2)o1)C(=O)N1CCC2(CC1)CC2. The Labute approximate surface area is 168 Å². The zero-order valence-electron chi connectivity index (χ0n) is 15.9. The second kappa shape index (κ2) is 6.65. The van der Waals surface area contributed by atoms with Gasteiger partial charge in [0.05, 0.1) is 0 Å². The topological polar surface area (TPSA) is 83.3 Å². The van der Waals surface area contributed by atoms with Crippen LogP contribution in [0.2, 0.25) is 5.02 Å². The molecular weight excluding hydrogens is 378 g/mol. The van der Waals surface area contributed by atoms with Crippen molar-refractivity contribution in [2.45, 2.75) is 51.1 Å². The molecule has 2 aromatic rings. The number of rotatable bonds is 4. The lowest BCUT2D eigenvalue weighted by Crippen LogP contribution is -2.45. The van der Waals surface area contributed by atoms with Crippen LogP contribution in [0.4, 0.5) is 11.7 Å². The molecular formula is C20H24ClN5O2. The summed E-state index contributed by atoms with van der Waals surface area (Å²) in [5.74, 6) is 0.597. The number of nitrogens with zero attached hydrogens (tertiary/aromatic N) is 3. The van der Waals surface area contributed by atoms with Gasteiger partial charge in [-0.05, 0) is 61.8 Å². The van der Waals surface area contributed by atoms with Crippen molar-refractivity contribution in [3.63, 3.8) is 0 Å². The number of nitrogens with one attached hydrogen (secondary N) is 2. The molecule has 1 spiro atoms. The second-order valence-electron chi connectivity index (χ2n) is 8.34. The van der Waals surface area contributed by atoms with Crippen LogP contribution in [-0.2, 0) is 11.2 Å². The molecule has 7 nitrogen and oxygen atoms in total. The minimum absolute atomic E-state index is 0.0839. The molecule has 1 aromatic heterocycles. The van der Waals surface area contributed by atoms with E-state index in [1.807, 2.05) is 30.0 Å². The molecule has 0 radical (unpaired) electrons.